The number of aromatic nitrogens is 3. The van der Waals surface area contributed by atoms with Crippen molar-refractivity contribution in [3.63, 3.8) is 0 Å². The molecular weight excluding hydrogens is 496 g/mol. The van der Waals surface area contributed by atoms with Crippen LogP contribution in [-0.2, 0) is 34.3 Å². The second kappa shape index (κ2) is 12.0. The van der Waals surface area contributed by atoms with Gasteiger partial charge >= 0.3 is 5.97 Å². The maximum Gasteiger partial charge on any atom is 0.326 e. The Morgan fingerprint density at radius 3 is 2.62 bits per heavy atom. The summed E-state index contributed by atoms with van der Waals surface area (Å²) in [6.07, 6.45) is 3.66. The lowest BCUT2D eigenvalue weighted by Gasteiger charge is -2.26. The largest absolute Gasteiger partial charge is 0.459 e. The van der Waals surface area contributed by atoms with Crippen LogP contribution < -0.4 is 10.9 Å². The first-order chi connectivity index (χ1) is 18.4. The SMILES string of the molecule is Cc1cc(-c2nc3cc(CCN[C@H](C(=O)OC(C)(C)C)[C@@H](C)O)ccc3n2CC2CCOCC2)cn(C)c1=O. The molecule has 39 heavy (non-hydrogen) atoms. The molecule has 2 N–H and O–H groups in total. The molecule has 9 heteroatoms. The molecule has 2 aromatic heterocycles. The summed E-state index contributed by atoms with van der Waals surface area (Å²) in [6, 6.07) is 7.40. The number of pyridine rings is 1. The van der Waals surface area contributed by atoms with Crippen molar-refractivity contribution in [2.45, 2.75) is 78.2 Å². The monoisotopic (exact) mass is 538 g/mol. The number of nitrogens with zero attached hydrogens (tertiary/aromatic N) is 3. The van der Waals surface area contributed by atoms with E-state index < -0.39 is 23.7 Å². The van der Waals surface area contributed by atoms with Gasteiger partial charge in [-0.1, -0.05) is 6.07 Å². The molecule has 1 aliphatic heterocycles. The molecule has 0 radical (unpaired) electrons. The van der Waals surface area contributed by atoms with Crippen LogP contribution in [0.3, 0.4) is 0 Å². The Hall–Kier alpha value is -3.01. The number of imidazole rings is 1. The number of nitrogens with one attached hydrogen (secondary N) is 1. The smallest absolute Gasteiger partial charge is 0.326 e. The maximum atomic E-state index is 12.5. The zero-order chi connectivity index (χ0) is 28.3. The number of esters is 1. The lowest BCUT2D eigenvalue weighted by molar-refractivity contribution is -0.160. The first kappa shape index (κ1) is 29.0. The molecule has 3 heterocycles. The van der Waals surface area contributed by atoms with Crippen LogP contribution in [0.5, 0.6) is 0 Å². The number of ether oxygens (including phenoxy) is 2. The van der Waals surface area contributed by atoms with Crippen molar-refractivity contribution in [3.05, 3.63) is 51.9 Å². The van der Waals surface area contributed by atoms with E-state index in [1.165, 1.54) is 0 Å². The number of aliphatic hydroxyl groups is 1. The Bertz CT molecular complexity index is 1340. The van der Waals surface area contributed by atoms with Crippen LogP contribution in [0.2, 0.25) is 0 Å². The summed E-state index contributed by atoms with van der Waals surface area (Å²) in [5.74, 6) is 0.888. The van der Waals surface area contributed by atoms with Crippen molar-refractivity contribution in [1.29, 1.82) is 0 Å². The molecule has 212 valence electrons. The normalized spacial score (nSPS) is 16.4. The Morgan fingerprint density at radius 1 is 1.26 bits per heavy atom. The Morgan fingerprint density at radius 2 is 1.97 bits per heavy atom. The highest BCUT2D eigenvalue weighted by atomic mass is 16.6. The number of fused-ring (bicyclic) bond motifs is 1. The molecule has 0 spiro atoms. The minimum Gasteiger partial charge on any atom is -0.459 e. The molecule has 1 saturated heterocycles. The fraction of sp³-hybridized carbons (Fsp3) is 0.567. The van der Waals surface area contributed by atoms with Crippen LogP contribution in [0.4, 0.5) is 0 Å². The van der Waals surface area contributed by atoms with Crippen LogP contribution in [0.15, 0.2) is 35.3 Å². The number of aryl methyl sites for hydroxylation is 2. The van der Waals surface area contributed by atoms with E-state index in [1.54, 1.807) is 18.5 Å². The first-order valence-electron chi connectivity index (χ1n) is 13.8. The molecule has 4 rings (SSSR count). The molecule has 0 amide bonds. The molecular formula is C30H42N4O5. The van der Waals surface area contributed by atoms with Crippen LogP contribution in [0.1, 0.15) is 51.7 Å². The second-order valence-corrected chi connectivity index (χ2v) is 11.7. The fourth-order valence-corrected chi connectivity index (χ4v) is 5.11. The van der Waals surface area contributed by atoms with Gasteiger partial charge in [0, 0.05) is 50.7 Å². The van der Waals surface area contributed by atoms with Gasteiger partial charge < -0.3 is 29.0 Å². The van der Waals surface area contributed by atoms with Crippen LogP contribution in [0, 0.1) is 12.8 Å². The molecule has 2 atom stereocenters. The summed E-state index contributed by atoms with van der Waals surface area (Å²) >= 11 is 0. The van der Waals surface area contributed by atoms with Gasteiger partial charge in [0.1, 0.15) is 17.5 Å². The lowest BCUT2D eigenvalue weighted by atomic mass is 10.00. The minimum absolute atomic E-state index is 0.0116. The third-order valence-electron chi connectivity index (χ3n) is 7.14. The third-order valence-corrected chi connectivity index (χ3v) is 7.14. The molecule has 3 aromatic rings. The van der Waals surface area contributed by atoms with E-state index in [0.717, 1.165) is 60.6 Å². The first-order valence-corrected chi connectivity index (χ1v) is 13.8. The van der Waals surface area contributed by atoms with Crippen molar-refractivity contribution < 1.29 is 19.4 Å². The minimum atomic E-state index is -0.879. The van der Waals surface area contributed by atoms with Crippen molar-refractivity contribution in [2.75, 3.05) is 19.8 Å². The van der Waals surface area contributed by atoms with Crippen molar-refractivity contribution >= 4 is 17.0 Å². The maximum absolute atomic E-state index is 12.5. The summed E-state index contributed by atoms with van der Waals surface area (Å²) in [4.78, 5) is 29.9. The zero-order valence-corrected chi connectivity index (χ0v) is 24.0. The molecule has 0 aliphatic carbocycles. The summed E-state index contributed by atoms with van der Waals surface area (Å²) in [5.41, 5.74) is 3.98. The Kier molecular flexibility index (Phi) is 8.93. The van der Waals surface area contributed by atoms with Gasteiger partial charge in [-0.25, -0.2) is 4.98 Å². The van der Waals surface area contributed by atoms with Gasteiger partial charge in [0.05, 0.1) is 17.1 Å². The van der Waals surface area contributed by atoms with Crippen LogP contribution in [0.25, 0.3) is 22.4 Å². The average molecular weight is 539 g/mol. The average Bonchev–Trinajstić information content (AvgIpc) is 3.21. The number of benzene rings is 1. The number of carbonyl (C=O) groups excluding carboxylic acids is 1. The fourth-order valence-electron chi connectivity index (χ4n) is 5.11. The number of aliphatic hydroxyl groups excluding tert-OH is 1. The quantitative estimate of drug-likeness (QED) is 0.402. The zero-order valence-electron chi connectivity index (χ0n) is 24.0. The van der Waals surface area contributed by atoms with Gasteiger partial charge in [-0.05, 0) is 83.6 Å². The predicted molar refractivity (Wildman–Crippen MR) is 152 cm³/mol. The Balaban J connectivity index is 1.59. The summed E-state index contributed by atoms with van der Waals surface area (Å²) < 4.78 is 14.9. The van der Waals surface area contributed by atoms with Gasteiger partial charge in [-0.3, -0.25) is 9.59 Å². The Labute approximate surface area is 230 Å². The van der Waals surface area contributed by atoms with Crippen molar-refractivity contribution in [3.8, 4) is 11.4 Å². The molecule has 9 nitrogen and oxygen atoms in total. The van der Waals surface area contributed by atoms with E-state index in [9.17, 15) is 14.7 Å². The summed E-state index contributed by atoms with van der Waals surface area (Å²) in [5, 5.41) is 13.3. The van der Waals surface area contributed by atoms with Gasteiger partial charge in [0.15, 0.2) is 0 Å². The van der Waals surface area contributed by atoms with Crippen LogP contribution in [-0.4, -0.2) is 62.7 Å². The third kappa shape index (κ3) is 7.15. The van der Waals surface area contributed by atoms with E-state index in [2.05, 4.69) is 28.1 Å². The summed E-state index contributed by atoms with van der Waals surface area (Å²) in [7, 11) is 1.77. The second-order valence-electron chi connectivity index (χ2n) is 11.7. The molecule has 1 fully saturated rings. The standard InChI is InChI=1S/C30H42N4O5/c1-19-15-23(18-33(6)28(19)36)27-32-24-16-21(7-8-25(24)34(27)17-22-10-13-38-14-11-22)9-12-31-26(20(2)35)29(37)39-30(3,4)5/h7-8,15-16,18,20,22,26,31,35H,9-14,17H2,1-6H3/t20-,26+/m1/s1. The highest BCUT2D eigenvalue weighted by Crippen LogP contribution is 2.29. The lowest BCUT2D eigenvalue weighted by Crippen LogP contribution is -2.48. The highest BCUT2D eigenvalue weighted by Gasteiger charge is 2.28. The van der Waals surface area contributed by atoms with E-state index >= 15 is 0 Å². The van der Waals surface area contributed by atoms with E-state index in [-0.39, 0.29) is 5.56 Å². The van der Waals surface area contributed by atoms with E-state index in [0.29, 0.717) is 24.4 Å². The van der Waals surface area contributed by atoms with Crippen molar-refractivity contribution in [2.24, 2.45) is 13.0 Å². The van der Waals surface area contributed by atoms with Gasteiger partial charge in [0.25, 0.3) is 5.56 Å². The van der Waals surface area contributed by atoms with Gasteiger partial charge in [0.2, 0.25) is 0 Å². The molecule has 0 bridgehead atoms. The number of rotatable bonds is 9. The number of hydrogen-bond donors (Lipinski definition) is 2. The van der Waals surface area contributed by atoms with Gasteiger partial charge in [-0.2, -0.15) is 0 Å². The van der Waals surface area contributed by atoms with Crippen LogP contribution >= 0.6 is 0 Å². The van der Waals surface area contributed by atoms with Crippen molar-refractivity contribution in [1.82, 2.24) is 19.4 Å². The molecule has 0 unspecified atom stereocenters. The topological polar surface area (TPSA) is 108 Å². The molecule has 1 aromatic carbocycles. The number of hydrogen-bond acceptors (Lipinski definition) is 7. The predicted octanol–water partition coefficient (Wildman–Crippen LogP) is 3.36. The van der Waals surface area contributed by atoms with E-state index in [1.807, 2.05) is 40.0 Å². The molecule has 1 aliphatic rings. The van der Waals surface area contributed by atoms with E-state index in [4.69, 9.17) is 14.5 Å². The number of carbonyl (C=O) groups is 1. The highest BCUT2D eigenvalue weighted by molar-refractivity contribution is 5.81. The summed E-state index contributed by atoms with van der Waals surface area (Å²) in [6.45, 7) is 11.7. The molecule has 0 saturated carbocycles. The van der Waals surface area contributed by atoms with Gasteiger partial charge in [-0.15, -0.1) is 0 Å².